The predicted octanol–water partition coefficient (Wildman–Crippen LogP) is 4.39. The zero-order chi connectivity index (χ0) is 13.8. The molecule has 2 aromatic rings. The zero-order valence-electron chi connectivity index (χ0n) is 12.1. The van der Waals surface area contributed by atoms with Crippen molar-refractivity contribution in [2.24, 2.45) is 0 Å². The lowest BCUT2D eigenvalue weighted by Crippen LogP contribution is -2.40. The van der Waals surface area contributed by atoms with Gasteiger partial charge in [-0.15, -0.1) is 0 Å². The van der Waals surface area contributed by atoms with Crippen LogP contribution in [0.1, 0.15) is 37.3 Å². The van der Waals surface area contributed by atoms with Gasteiger partial charge in [0.25, 0.3) is 0 Å². The third-order valence-corrected chi connectivity index (χ3v) is 5.22. The van der Waals surface area contributed by atoms with Crippen molar-refractivity contribution in [2.45, 2.75) is 44.1 Å². The fraction of sp³-hybridized carbons (Fsp3) is 0.444. The van der Waals surface area contributed by atoms with Crippen LogP contribution < -0.4 is 5.32 Å². The number of hydrogen-bond acceptors (Lipinski definition) is 2. The fourth-order valence-electron chi connectivity index (χ4n) is 2.92. The Balaban J connectivity index is 1.86. The second-order valence-electron chi connectivity index (χ2n) is 5.96. The molecule has 1 aliphatic rings. The fourth-order valence-corrected chi connectivity index (χ4v) is 3.59. The Morgan fingerprint density at radius 1 is 1.20 bits per heavy atom. The van der Waals surface area contributed by atoms with E-state index >= 15 is 0 Å². The van der Waals surface area contributed by atoms with E-state index in [1.807, 2.05) is 0 Å². The van der Waals surface area contributed by atoms with E-state index in [9.17, 15) is 0 Å². The van der Waals surface area contributed by atoms with Crippen molar-refractivity contribution in [1.29, 1.82) is 0 Å². The van der Waals surface area contributed by atoms with Gasteiger partial charge >= 0.3 is 0 Å². The molecule has 0 spiro atoms. The molecular formula is C18H23NS. The van der Waals surface area contributed by atoms with Crippen LogP contribution in [0.15, 0.2) is 47.2 Å². The van der Waals surface area contributed by atoms with Gasteiger partial charge in [0.1, 0.15) is 0 Å². The summed E-state index contributed by atoms with van der Waals surface area (Å²) in [6.07, 6.45) is 5.02. The third-order valence-electron chi connectivity index (χ3n) is 4.49. The molecule has 1 heterocycles. The average Bonchev–Trinajstić information content (AvgIpc) is 3.20. The van der Waals surface area contributed by atoms with Crippen LogP contribution >= 0.6 is 11.3 Å². The molecule has 0 radical (unpaired) electrons. The van der Waals surface area contributed by atoms with E-state index in [0.29, 0.717) is 0 Å². The second kappa shape index (κ2) is 6.11. The molecule has 0 saturated heterocycles. The maximum atomic E-state index is 3.76. The highest BCUT2D eigenvalue weighted by molar-refractivity contribution is 7.07. The maximum absolute atomic E-state index is 3.76. The van der Waals surface area contributed by atoms with Crippen molar-refractivity contribution < 1.29 is 0 Å². The van der Waals surface area contributed by atoms with E-state index in [4.69, 9.17) is 0 Å². The quantitative estimate of drug-likeness (QED) is 0.795. The van der Waals surface area contributed by atoms with Gasteiger partial charge in [0.2, 0.25) is 0 Å². The van der Waals surface area contributed by atoms with Gasteiger partial charge < -0.3 is 5.32 Å². The van der Waals surface area contributed by atoms with Crippen LogP contribution in [0, 0.1) is 0 Å². The molecule has 3 rings (SSSR count). The van der Waals surface area contributed by atoms with Gasteiger partial charge in [-0.1, -0.05) is 37.3 Å². The van der Waals surface area contributed by atoms with Crippen molar-refractivity contribution in [3.8, 4) is 0 Å². The largest absolute Gasteiger partial charge is 0.313 e. The van der Waals surface area contributed by atoms with Gasteiger partial charge in [0.05, 0.1) is 0 Å². The zero-order valence-corrected chi connectivity index (χ0v) is 13.0. The first-order chi connectivity index (χ1) is 9.82. The Labute approximate surface area is 126 Å². The van der Waals surface area contributed by atoms with Gasteiger partial charge in [-0.05, 0) is 53.6 Å². The summed E-state index contributed by atoms with van der Waals surface area (Å²) in [6, 6.07) is 14.1. The Kier molecular flexibility index (Phi) is 4.23. The Bertz CT molecular complexity index is 516. The van der Waals surface area contributed by atoms with Crippen LogP contribution in [0.5, 0.6) is 0 Å². The molecule has 1 saturated carbocycles. The van der Waals surface area contributed by atoms with Crippen molar-refractivity contribution >= 4 is 11.3 Å². The average molecular weight is 285 g/mol. The third kappa shape index (κ3) is 3.13. The number of rotatable bonds is 7. The standard InChI is InChI=1S/C18H23NS/c1-2-18(14-19-17-8-9-17,12-15-10-11-20-13-15)16-6-4-3-5-7-16/h3-7,10-11,13,17,19H,2,8-9,12,14H2,1H3. The van der Waals surface area contributed by atoms with Crippen LogP contribution in [-0.2, 0) is 11.8 Å². The summed E-state index contributed by atoms with van der Waals surface area (Å²) >= 11 is 1.80. The van der Waals surface area contributed by atoms with Crippen molar-refractivity contribution in [3.63, 3.8) is 0 Å². The molecule has 0 amide bonds. The van der Waals surface area contributed by atoms with Crippen molar-refractivity contribution in [1.82, 2.24) is 5.32 Å². The minimum absolute atomic E-state index is 0.227. The van der Waals surface area contributed by atoms with Crippen LogP contribution in [0.25, 0.3) is 0 Å². The second-order valence-corrected chi connectivity index (χ2v) is 6.74. The molecule has 1 aromatic heterocycles. The highest BCUT2D eigenvalue weighted by Crippen LogP contribution is 2.33. The Morgan fingerprint density at radius 2 is 2.00 bits per heavy atom. The lowest BCUT2D eigenvalue weighted by atomic mass is 9.73. The van der Waals surface area contributed by atoms with Crippen molar-refractivity contribution in [2.75, 3.05) is 6.54 Å². The van der Waals surface area contributed by atoms with Gasteiger partial charge in [-0.25, -0.2) is 0 Å². The minimum Gasteiger partial charge on any atom is -0.313 e. The molecule has 0 aliphatic heterocycles. The topological polar surface area (TPSA) is 12.0 Å². The van der Waals surface area contributed by atoms with E-state index in [0.717, 1.165) is 19.0 Å². The number of thiophene rings is 1. The van der Waals surface area contributed by atoms with Gasteiger partial charge in [0, 0.05) is 18.0 Å². The lowest BCUT2D eigenvalue weighted by Gasteiger charge is -2.34. The summed E-state index contributed by atoms with van der Waals surface area (Å²) in [5, 5.41) is 8.25. The summed E-state index contributed by atoms with van der Waals surface area (Å²) in [5.74, 6) is 0. The van der Waals surface area contributed by atoms with E-state index in [1.54, 1.807) is 11.3 Å². The molecule has 2 heteroatoms. The van der Waals surface area contributed by atoms with Gasteiger partial charge in [-0.2, -0.15) is 11.3 Å². The first-order valence-electron chi connectivity index (χ1n) is 7.62. The van der Waals surface area contributed by atoms with Crippen LogP contribution in [0.2, 0.25) is 0 Å². The van der Waals surface area contributed by atoms with E-state index in [2.05, 4.69) is 59.4 Å². The van der Waals surface area contributed by atoms with Gasteiger partial charge in [-0.3, -0.25) is 0 Å². The molecule has 1 aromatic carbocycles. The summed E-state index contributed by atoms with van der Waals surface area (Å²) in [5.41, 5.74) is 3.17. The smallest absolute Gasteiger partial charge is 0.0116 e. The number of benzene rings is 1. The molecule has 1 N–H and O–H groups in total. The van der Waals surface area contributed by atoms with E-state index in [-0.39, 0.29) is 5.41 Å². The summed E-state index contributed by atoms with van der Waals surface area (Å²) in [7, 11) is 0. The van der Waals surface area contributed by atoms with Crippen molar-refractivity contribution in [3.05, 3.63) is 58.3 Å². The molecule has 1 nitrogen and oxygen atoms in total. The van der Waals surface area contributed by atoms with E-state index < -0.39 is 0 Å². The predicted molar refractivity (Wildman–Crippen MR) is 87.5 cm³/mol. The van der Waals surface area contributed by atoms with E-state index in [1.165, 1.54) is 30.4 Å². The Hall–Kier alpha value is -1.12. The summed E-state index contributed by atoms with van der Waals surface area (Å²) in [4.78, 5) is 0. The van der Waals surface area contributed by atoms with Crippen LogP contribution in [0.3, 0.4) is 0 Å². The van der Waals surface area contributed by atoms with Crippen LogP contribution in [-0.4, -0.2) is 12.6 Å². The molecule has 1 atom stereocenters. The molecule has 1 unspecified atom stereocenters. The highest BCUT2D eigenvalue weighted by atomic mass is 32.1. The summed E-state index contributed by atoms with van der Waals surface area (Å²) < 4.78 is 0. The summed E-state index contributed by atoms with van der Waals surface area (Å²) in [6.45, 7) is 3.42. The molecule has 0 bridgehead atoms. The molecule has 1 aliphatic carbocycles. The van der Waals surface area contributed by atoms with Crippen LogP contribution in [0.4, 0.5) is 0 Å². The normalized spacial score (nSPS) is 17.9. The maximum Gasteiger partial charge on any atom is 0.0116 e. The van der Waals surface area contributed by atoms with Gasteiger partial charge in [0.15, 0.2) is 0 Å². The molecule has 106 valence electrons. The lowest BCUT2D eigenvalue weighted by molar-refractivity contribution is 0.377. The molecular weight excluding hydrogens is 262 g/mol. The highest BCUT2D eigenvalue weighted by Gasteiger charge is 2.33. The number of nitrogens with one attached hydrogen (secondary N) is 1. The molecule has 1 fully saturated rings. The SMILES string of the molecule is CCC(CNC1CC1)(Cc1ccsc1)c1ccccc1. The minimum atomic E-state index is 0.227. The first-order valence-corrected chi connectivity index (χ1v) is 8.57. The Morgan fingerprint density at radius 3 is 2.60 bits per heavy atom. The first kappa shape index (κ1) is 13.8. The monoisotopic (exact) mass is 285 g/mol. The molecule has 20 heavy (non-hydrogen) atoms. The number of hydrogen-bond donors (Lipinski definition) is 1.